The molecular weight excluding hydrogens is 120 g/mol. The number of hydrogen-bond acceptors (Lipinski definition) is 3. The molecule has 0 bridgehead atoms. The summed E-state index contributed by atoms with van der Waals surface area (Å²) in [6.45, 7) is -1.36. The van der Waals surface area contributed by atoms with Gasteiger partial charge in [0.15, 0.2) is 6.29 Å². The SMILES string of the molecule is [2H]C1([2H])O[C@H]2OCC[C@H]2[C@H]1O. The van der Waals surface area contributed by atoms with Crippen molar-refractivity contribution in [2.24, 2.45) is 5.92 Å². The molecule has 0 radical (unpaired) electrons. The molecule has 0 unspecified atom stereocenters. The summed E-state index contributed by atoms with van der Waals surface area (Å²) in [4.78, 5) is 0. The molecule has 0 aromatic carbocycles. The third kappa shape index (κ3) is 0.764. The third-order valence-electron chi connectivity index (χ3n) is 1.79. The molecule has 3 heteroatoms. The van der Waals surface area contributed by atoms with Crippen LogP contribution in [0.25, 0.3) is 0 Å². The largest absolute Gasteiger partial charge is 0.390 e. The van der Waals surface area contributed by atoms with Gasteiger partial charge in [-0.3, -0.25) is 0 Å². The van der Waals surface area contributed by atoms with Gasteiger partial charge in [-0.1, -0.05) is 0 Å². The molecule has 2 aliphatic rings. The standard InChI is InChI=1S/C6H10O3/c7-5-3-9-6-4(5)1-2-8-6/h4-7H,1-3H2/t4-,5-,6+/m0/s1/i3D2. The van der Waals surface area contributed by atoms with E-state index in [1.54, 1.807) is 0 Å². The van der Waals surface area contributed by atoms with E-state index in [1.165, 1.54) is 0 Å². The fourth-order valence-electron chi connectivity index (χ4n) is 1.23. The lowest BCUT2D eigenvalue weighted by Crippen LogP contribution is -2.18. The molecular formula is C6H10O3. The summed E-state index contributed by atoms with van der Waals surface area (Å²) in [5.41, 5.74) is 0. The molecule has 9 heavy (non-hydrogen) atoms. The van der Waals surface area contributed by atoms with Crippen molar-refractivity contribution in [1.29, 1.82) is 0 Å². The molecule has 1 N–H and O–H groups in total. The number of aliphatic hydroxyl groups is 1. The summed E-state index contributed by atoms with van der Waals surface area (Å²) in [7, 11) is 0. The maximum absolute atomic E-state index is 9.35. The summed E-state index contributed by atoms with van der Waals surface area (Å²) in [6.07, 6.45) is -0.874. The van der Waals surface area contributed by atoms with E-state index >= 15 is 0 Å². The summed E-state index contributed by atoms with van der Waals surface area (Å²) in [5.74, 6) is -0.176. The molecule has 2 aliphatic heterocycles. The van der Waals surface area contributed by atoms with E-state index in [2.05, 4.69) is 0 Å². The maximum Gasteiger partial charge on any atom is 0.163 e. The van der Waals surface area contributed by atoms with Crippen molar-refractivity contribution in [2.75, 3.05) is 13.2 Å². The topological polar surface area (TPSA) is 38.7 Å². The van der Waals surface area contributed by atoms with Crippen molar-refractivity contribution in [2.45, 2.75) is 18.8 Å². The Kier molecular flexibility index (Phi) is 0.840. The lowest BCUT2D eigenvalue weighted by molar-refractivity contribution is -0.0907. The van der Waals surface area contributed by atoms with E-state index in [9.17, 15) is 5.11 Å². The summed E-state index contributed by atoms with van der Waals surface area (Å²) >= 11 is 0. The lowest BCUT2D eigenvalue weighted by atomic mass is 10.0. The molecule has 0 spiro atoms. The molecule has 0 aromatic rings. The van der Waals surface area contributed by atoms with Crippen LogP contribution in [0.2, 0.25) is 0 Å². The van der Waals surface area contributed by atoms with Gasteiger partial charge in [-0.25, -0.2) is 0 Å². The highest BCUT2D eigenvalue weighted by molar-refractivity contribution is 4.81. The van der Waals surface area contributed by atoms with Gasteiger partial charge in [-0.15, -0.1) is 0 Å². The molecule has 0 amide bonds. The highest BCUT2D eigenvalue weighted by Crippen LogP contribution is 2.30. The van der Waals surface area contributed by atoms with E-state index in [0.29, 0.717) is 13.0 Å². The fraction of sp³-hybridized carbons (Fsp3) is 1.00. The van der Waals surface area contributed by atoms with Crippen LogP contribution in [0.3, 0.4) is 0 Å². The normalized spacial score (nSPS) is 58.6. The second kappa shape index (κ2) is 1.94. The zero-order valence-electron chi connectivity index (χ0n) is 6.91. The molecule has 0 saturated carbocycles. The second-order valence-electron chi connectivity index (χ2n) is 2.37. The first-order chi connectivity index (χ1) is 5.11. The van der Waals surface area contributed by atoms with Crippen LogP contribution in [-0.2, 0) is 9.47 Å². The van der Waals surface area contributed by atoms with Crippen molar-refractivity contribution in [1.82, 2.24) is 0 Å². The Morgan fingerprint density at radius 3 is 3.22 bits per heavy atom. The van der Waals surface area contributed by atoms with Crippen molar-refractivity contribution >= 4 is 0 Å². The van der Waals surface area contributed by atoms with Crippen LogP contribution in [0.15, 0.2) is 0 Å². The van der Waals surface area contributed by atoms with Gasteiger partial charge in [-0.05, 0) is 6.42 Å². The molecule has 0 aliphatic carbocycles. The quantitative estimate of drug-likeness (QED) is 0.493. The molecule has 2 saturated heterocycles. The maximum atomic E-state index is 9.35. The minimum atomic E-state index is -1.92. The van der Waals surface area contributed by atoms with Gasteiger partial charge in [0.25, 0.3) is 0 Å². The fourth-order valence-corrected chi connectivity index (χ4v) is 1.23. The van der Waals surface area contributed by atoms with Gasteiger partial charge in [0.2, 0.25) is 0 Å². The monoisotopic (exact) mass is 132 g/mol. The lowest BCUT2D eigenvalue weighted by Gasteiger charge is -2.06. The summed E-state index contributed by atoms with van der Waals surface area (Å²) < 4.78 is 24.3. The number of aliphatic hydroxyl groups excluding tert-OH is 1. The average Bonchev–Trinajstić information content (AvgIpc) is 2.39. The Balaban J connectivity index is 2.17. The molecule has 2 heterocycles. The predicted molar refractivity (Wildman–Crippen MR) is 29.8 cm³/mol. The van der Waals surface area contributed by atoms with Crippen molar-refractivity contribution in [3.8, 4) is 0 Å². The number of rotatable bonds is 0. The van der Waals surface area contributed by atoms with Gasteiger partial charge < -0.3 is 14.6 Å². The molecule has 52 valence electrons. The van der Waals surface area contributed by atoms with Crippen LogP contribution in [0.1, 0.15) is 9.16 Å². The third-order valence-corrected chi connectivity index (χ3v) is 1.79. The van der Waals surface area contributed by atoms with E-state index in [0.717, 1.165) is 0 Å². The van der Waals surface area contributed by atoms with Gasteiger partial charge in [0.05, 0.1) is 22.0 Å². The van der Waals surface area contributed by atoms with Crippen molar-refractivity contribution in [3.05, 3.63) is 0 Å². The highest BCUT2D eigenvalue weighted by Gasteiger charge is 2.40. The average molecular weight is 132 g/mol. The number of hydrogen-bond donors (Lipinski definition) is 1. The first-order valence-corrected chi connectivity index (χ1v) is 3.09. The first kappa shape index (κ1) is 3.91. The smallest absolute Gasteiger partial charge is 0.163 e. The second-order valence-corrected chi connectivity index (χ2v) is 2.37. The Morgan fingerprint density at radius 2 is 2.44 bits per heavy atom. The van der Waals surface area contributed by atoms with Gasteiger partial charge >= 0.3 is 0 Å². The van der Waals surface area contributed by atoms with Crippen LogP contribution in [0.5, 0.6) is 0 Å². The Bertz CT molecular complexity index is 173. The molecule has 2 rings (SSSR count). The van der Waals surface area contributed by atoms with Crippen LogP contribution in [0.4, 0.5) is 0 Å². The Morgan fingerprint density at radius 1 is 1.56 bits per heavy atom. The van der Waals surface area contributed by atoms with Crippen LogP contribution < -0.4 is 0 Å². The van der Waals surface area contributed by atoms with E-state index < -0.39 is 19.0 Å². The summed E-state index contributed by atoms with van der Waals surface area (Å²) in [5, 5.41) is 9.35. The minimum Gasteiger partial charge on any atom is -0.390 e. The van der Waals surface area contributed by atoms with Crippen molar-refractivity contribution in [3.63, 3.8) is 0 Å². The van der Waals surface area contributed by atoms with Crippen LogP contribution in [0, 0.1) is 5.92 Å². The van der Waals surface area contributed by atoms with Crippen LogP contribution >= 0.6 is 0 Å². The van der Waals surface area contributed by atoms with Crippen LogP contribution in [-0.4, -0.2) is 30.7 Å². The minimum absolute atomic E-state index is 0.176. The number of ether oxygens (including phenoxy) is 2. The zero-order valence-corrected chi connectivity index (χ0v) is 4.91. The van der Waals surface area contributed by atoms with E-state index in [1.807, 2.05) is 0 Å². The van der Waals surface area contributed by atoms with Gasteiger partial charge in [0.1, 0.15) is 0 Å². The zero-order chi connectivity index (χ0) is 8.06. The Hall–Kier alpha value is -0.120. The Labute approximate surface area is 56.4 Å². The van der Waals surface area contributed by atoms with Crippen molar-refractivity contribution < 1.29 is 17.3 Å². The van der Waals surface area contributed by atoms with Gasteiger partial charge in [0, 0.05) is 5.92 Å². The summed E-state index contributed by atoms with van der Waals surface area (Å²) in [6, 6.07) is 0. The van der Waals surface area contributed by atoms with E-state index in [4.69, 9.17) is 12.2 Å². The molecule has 2 fully saturated rings. The number of fused-ring (bicyclic) bond motifs is 1. The predicted octanol–water partition coefficient (Wildman–Crippen LogP) is -0.260. The molecule has 3 nitrogen and oxygen atoms in total. The molecule has 3 atom stereocenters. The van der Waals surface area contributed by atoms with Gasteiger partial charge in [-0.2, -0.15) is 0 Å². The van der Waals surface area contributed by atoms with E-state index in [-0.39, 0.29) is 5.92 Å². The highest BCUT2D eigenvalue weighted by atomic mass is 16.7. The molecule has 0 aromatic heterocycles. The first-order valence-electron chi connectivity index (χ1n) is 4.09.